The van der Waals surface area contributed by atoms with Crippen LogP contribution >= 0.6 is 12.4 Å². The molecule has 0 aromatic rings. The third-order valence-electron chi connectivity index (χ3n) is 3.18. The molecule has 100 valence electrons. The summed E-state index contributed by atoms with van der Waals surface area (Å²) < 4.78 is 5.29. The number of hydrogen-bond donors (Lipinski definition) is 2. The van der Waals surface area contributed by atoms with Crippen LogP contribution in [0.3, 0.4) is 0 Å². The van der Waals surface area contributed by atoms with E-state index in [1.807, 2.05) is 0 Å². The molecule has 2 N–H and O–H groups in total. The van der Waals surface area contributed by atoms with Crippen LogP contribution in [0.4, 0.5) is 0 Å². The van der Waals surface area contributed by atoms with Gasteiger partial charge in [0, 0.05) is 38.8 Å². The average Bonchev–Trinajstić information content (AvgIpc) is 2.15. The standard InChI is InChI=1S/C11H21N3O2.ClH/c1-9(8-14-2-4-16-5-3-14)13-11(15)10-6-12-7-10;/h9-10,12H,2-8H2,1H3,(H,13,15);1H. The van der Waals surface area contributed by atoms with E-state index < -0.39 is 0 Å². The van der Waals surface area contributed by atoms with Gasteiger partial charge in [0.25, 0.3) is 0 Å². The van der Waals surface area contributed by atoms with Crippen LogP contribution in [0.5, 0.6) is 0 Å². The fourth-order valence-electron chi connectivity index (χ4n) is 2.05. The predicted molar refractivity (Wildman–Crippen MR) is 68.5 cm³/mol. The van der Waals surface area contributed by atoms with Crippen molar-refractivity contribution < 1.29 is 9.53 Å². The number of amides is 1. The molecular weight excluding hydrogens is 242 g/mol. The minimum atomic E-state index is 0. The molecule has 0 aliphatic carbocycles. The molecule has 0 aromatic heterocycles. The summed E-state index contributed by atoms with van der Waals surface area (Å²) in [5.41, 5.74) is 0. The van der Waals surface area contributed by atoms with Crippen LogP contribution in [0.1, 0.15) is 6.92 Å². The van der Waals surface area contributed by atoms with E-state index in [1.54, 1.807) is 0 Å². The van der Waals surface area contributed by atoms with Crippen LogP contribution in [0.15, 0.2) is 0 Å². The third-order valence-corrected chi connectivity index (χ3v) is 3.18. The lowest BCUT2D eigenvalue weighted by atomic mass is 10.0. The summed E-state index contributed by atoms with van der Waals surface area (Å²) in [6, 6.07) is 0.228. The van der Waals surface area contributed by atoms with Gasteiger partial charge in [-0.2, -0.15) is 0 Å². The van der Waals surface area contributed by atoms with Gasteiger partial charge in [-0.3, -0.25) is 9.69 Å². The van der Waals surface area contributed by atoms with Crippen LogP contribution < -0.4 is 10.6 Å². The minimum Gasteiger partial charge on any atom is -0.379 e. The van der Waals surface area contributed by atoms with Crippen LogP contribution in [0.2, 0.25) is 0 Å². The summed E-state index contributed by atoms with van der Waals surface area (Å²) in [6.45, 7) is 8.23. The predicted octanol–water partition coefficient (Wildman–Crippen LogP) is -0.535. The van der Waals surface area contributed by atoms with Gasteiger partial charge in [0.05, 0.1) is 19.1 Å². The molecule has 1 unspecified atom stereocenters. The number of halogens is 1. The van der Waals surface area contributed by atoms with E-state index in [1.165, 1.54) is 0 Å². The quantitative estimate of drug-likeness (QED) is 0.716. The van der Waals surface area contributed by atoms with Gasteiger partial charge in [-0.25, -0.2) is 0 Å². The van der Waals surface area contributed by atoms with Gasteiger partial charge < -0.3 is 15.4 Å². The topological polar surface area (TPSA) is 53.6 Å². The molecule has 0 bridgehead atoms. The van der Waals surface area contributed by atoms with E-state index >= 15 is 0 Å². The first-order valence-electron chi connectivity index (χ1n) is 6.07. The number of ether oxygens (including phenoxy) is 1. The van der Waals surface area contributed by atoms with Crippen molar-refractivity contribution in [2.45, 2.75) is 13.0 Å². The van der Waals surface area contributed by atoms with Gasteiger partial charge in [0.1, 0.15) is 0 Å². The molecule has 0 aromatic carbocycles. The zero-order valence-corrected chi connectivity index (χ0v) is 11.1. The normalized spacial score (nSPS) is 23.4. The number of morpholine rings is 1. The van der Waals surface area contributed by atoms with Crippen molar-refractivity contribution in [2.24, 2.45) is 5.92 Å². The number of nitrogens with zero attached hydrogens (tertiary/aromatic N) is 1. The molecular formula is C11H22ClN3O2. The first-order chi connectivity index (χ1) is 7.75. The number of carbonyl (C=O) groups excluding carboxylic acids is 1. The van der Waals surface area contributed by atoms with Crippen LogP contribution in [0, 0.1) is 5.92 Å². The first kappa shape index (κ1) is 14.7. The van der Waals surface area contributed by atoms with Gasteiger partial charge in [-0.1, -0.05) is 0 Å². The smallest absolute Gasteiger partial charge is 0.225 e. The highest BCUT2D eigenvalue weighted by molar-refractivity contribution is 5.85. The van der Waals surface area contributed by atoms with E-state index in [9.17, 15) is 4.79 Å². The first-order valence-corrected chi connectivity index (χ1v) is 6.07. The second-order valence-corrected chi connectivity index (χ2v) is 4.68. The fourth-order valence-corrected chi connectivity index (χ4v) is 2.05. The summed E-state index contributed by atoms with van der Waals surface area (Å²) >= 11 is 0. The van der Waals surface area contributed by atoms with E-state index in [4.69, 9.17) is 4.74 Å². The third kappa shape index (κ3) is 4.43. The van der Waals surface area contributed by atoms with Gasteiger partial charge >= 0.3 is 0 Å². The molecule has 2 rings (SSSR count). The monoisotopic (exact) mass is 263 g/mol. The summed E-state index contributed by atoms with van der Waals surface area (Å²) in [4.78, 5) is 14.0. The fraction of sp³-hybridized carbons (Fsp3) is 0.909. The van der Waals surface area contributed by atoms with Crippen molar-refractivity contribution in [3.05, 3.63) is 0 Å². The van der Waals surface area contributed by atoms with Crippen LogP contribution in [-0.2, 0) is 9.53 Å². The molecule has 2 aliphatic heterocycles. The Morgan fingerprint density at radius 2 is 2.12 bits per heavy atom. The minimum absolute atomic E-state index is 0. The number of rotatable bonds is 4. The summed E-state index contributed by atoms with van der Waals surface area (Å²) in [7, 11) is 0. The zero-order chi connectivity index (χ0) is 11.4. The lowest BCUT2D eigenvalue weighted by Gasteiger charge is -2.31. The van der Waals surface area contributed by atoms with Gasteiger partial charge in [-0.15, -0.1) is 12.4 Å². The Morgan fingerprint density at radius 1 is 1.47 bits per heavy atom. The molecule has 17 heavy (non-hydrogen) atoms. The van der Waals surface area contributed by atoms with Crippen LogP contribution in [0.25, 0.3) is 0 Å². The maximum atomic E-state index is 11.7. The summed E-state index contributed by atoms with van der Waals surface area (Å²) in [5.74, 6) is 0.381. The van der Waals surface area contributed by atoms with Crippen molar-refractivity contribution in [3.8, 4) is 0 Å². The molecule has 0 spiro atoms. The highest BCUT2D eigenvalue weighted by Gasteiger charge is 2.26. The van der Waals surface area contributed by atoms with Crippen molar-refractivity contribution in [1.29, 1.82) is 0 Å². The number of carbonyl (C=O) groups is 1. The lowest BCUT2D eigenvalue weighted by Crippen LogP contribution is -2.54. The Balaban J connectivity index is 0.00000144. The molecule has 6 heteroatoms. The molecule has 2 saturated heterocycles. The van der Waals surface area contributed by atoms with E-state index in [2.05, 4.69) is 22.5 Å². The lowest BCUT2D eigenvalue weighted by molar-refractivity contribution is -0.127. The molecule has 2 fully saturated rings. The Morgan fingerprint density at radius 3 is 2.65 bits per heavy atom. The SMILES string of the molecule is CC(CN1CCOCC1)NC(=O)C1CNC1.Cl. The molecule has 0 saturated carbocycles. The highest BCUT2D eigenvalue weighted by Crippen LogP contribution is 2.04. The zero-order valence-electron chi connectivity index (χ0n) is 10.3. The van der Waals surface area contributed by atoms with E-state index in [0.29, 0.717) is 0 Å². The Labute approximate surface area is 109 Å². The van der Waals surface area contributed by atoms with Crippen molar-refractivity contribution >= 4 is 18.3 Å². The Bertz CT molecular complexity index is 243. The summed E-state index contributed by atoms with van der Waals surface area (Å²) in [6.07, 6.45) is 0. The second-order valence-electron chi connectivity index (χ2n) is 4.68. The van der Waals surface area contributed by atoms with Gasteiger partial charge in [0.2, 0.25) is 5.91 Å². The maximum absolute atomic E-state index is 11.7. The second kappa shape index (κ2) is 7.16. The number of hydrogen-bond acceptors (Lipinski definition) is 4. The van der Waals surface area contributed by atoms with Crippen molar-refractivity contribution in [1.82, 2.24) is 15.5 Å². The average molecular weight is 264 g/mol. The number of nitrogens with one attached hydrogen (secondary N) is 2. The van der Waals surface area contributed by atoms with Crippen molar-refractivity contribution in [2.75, 3.05) is 45.9 Å². The molecule has 2 aliphatic rings. The van der Waals surface area contributed by atoms with Crippen molar-refractivity contribution in [3.63, 3.8) is 0 Å². The largest absolute Gasteiger partial charge is 0.379 e. The molecule has 2 heterocycles. The van der Waals surface area contributed by atoms with E-state index in [0.717, 1.165) is 45.9 Å². The molecule has 1 amide bonds. The highest BCUT2D eigenvalue weighted by atomic mass is 35.5. The maximum Gasteiger partial charge on any atom is 0.225 e. The van der Waals surface area contributed by atoms with E-state index in [-0.39, 0.29) is 30.3 Å². The summed E-state index contributed by atoms with van der Waals surface area (Å²) in [5, 5.41) is 6.18. The Hall–Kier alpha value is -0.360. The Kier molecular flexibility index (Phi) is 6.19. The van der Waals surface area contributed by atoms with Gasteiger partial charge in [-0.05, 0) is 6.92 Å². The van der Waals surface area contributed by atoms with Gasteiger partial charge in [0.15, 0.2) is 0 Å². The van der Waals surface area contributed by atoms with Crippen LogP contribution in [-0.4, -0.2) is 62.8 Å². The molecule has 5 nitrogen and oxygen atoms in total. The molecule has 0 radical (unpaired) electrons. The molecule has 1 atom stereocenters.